The molecule has 0 unspecified atom stereocenters. The largest absolute Gasteiger partial charge is 0.322 e. The Bertz CT molecular complexity index is 385. The van der Waals surface area contributed by atoms with E-state index in [-0.39, 0.29) is 16.7 Å². The van der Waals surface area contributed by atoms with Crippen LogP contribution in [0.1, 0.15) is 33.6 Å². The Hall–Kier alpha value is -0.730. The van der Waals surface area contributed by atoms with Gasteiger partial charge in [-0.05, 0) is 18.8 Å². The maximum atomic E-state index is 12.3. The SMILES string of the molecule is CC(C)(C)SC[C@H](N)C(=O)N1[C@H](C#N)C[C@@H]2C[C@@H]21. The van der Waals surface area contributed by atoms with Crippen molar-refractivity contribution >= 4 is 17.7 Å². The number of fused-ring (bicyclic) bond motifs is 1. The normalized spacial score (nSPS) is 31.7. The summed E-state index contributed by atoms with van der Waals surface area (Å²) in [7, 11) is 0. The first-order valence-electron chi connectivity index (χ1n) is 6.45. The van der Waals surface area contributed by atoms with E-state index < -0.39 is 6.04 Å². The Morgan fingerprint density at radius 3 is 2.78 bits per heavy atom. The molecule has 1 saturated carbocycles. The molecule has 18 heavy (non-hydrogen) atoms. The monoisotopic (exact) mass is 267 g/mol. The highest BCUT2D eigenvalue weighted by molar-refractivity contribution is 8.00. The van der Waals surface area contributed by atoms with E-state index in [1.54, 1.807) is 16.7 Å². The molecule has 100 valence electrons. The van der Waals surface area contributed by atoms with Gasteiger partial charge in [0.25, 0.3) is 0 Å². The third-order valence-electron chi connectivity index (χ3n) is 3.52. The first-order chi connectivity index (χ1) is 8.33. The number of rotatable bonds is 3. The van der Waals surface area contributed by atoms with Crippen LogP contribution in [0.3, 0.4) is 0 Å². The molecular weight excluding hydrogens is 246 g/mol. The van der Waals surface area contributed by atoms with E-state index >= 15 is 0 Å². The fourth-order valence-electron chi connectivity index (χ4n) is 2.49. The van der Waals surface area contributed by atoms with E-state index in [4.69, 9.17) is 11.0 Å². The number of amides is 1. The molecule has 1 amide bonds. The molecule has 0 bridgehead atoms. The molecule has 2 fully saturated rings. The third kappa shape index (κ3) is 2.81. The number of likely N-dealkylation sites (tertiary alicyclic amines) is 1. The summed E-state index contributed by atoms with van der Waals surface area (Å²) in [5.74, 6) is 1.14. The van der Waals surface area contributed by atoms with Gasteiger partial charge in [0.15, 0.2) is 0 Å². The molecule has 1 aliphatic carbocycles. The van der Waals surface area contributed by atoms with Crippen molar-refractivity contribution < 1.29 is 4.79 Å². The Labute approximate surface area is 113 Å². The lowest BCUT2D eigenvalue weighted by atomic mass is 10.2. The number of nitrogens with zero attached hydrogens (tertiary/aromatic N) is 2. The van der Waals surface area contributed by atoms with Gasteiger partial charge in [-0.2, -0.15) is 17.0 Å². The van der Waals surface area contributed by atoms with Crippen molar-refractivity contribution in [1.29, 1.82) is 5.26 Å². The van der Waals surface area contributed by atoms with Crippen LogP contribution in [-0.4, -0.2) is 39.4 Å². The summed E-state index contributed by atoms with van der Waals surface area (Å²) in [5, 5.41) is 9.07. The second kappa shape index (κ2) is 4.75. The molecule has 1 heterocycles. The van der Waals surface area contributed by atoms with E-state index in [1.165, 1.54) is 0 Å². The zero-order valence-corrected chi connectivity index (χ0v) is 12.0. The lowest BCUT2D eigenvalue weighted by Crippen LogP contribution is -2.48. The van der Waals surface area contributed by atoms with Crippen LogP contribution in [0.15, 0.2) is 0 Å². The molecule has 1 saturated heterocycles. The van der Waals surface area contributed by atoms with E-state index in [0.717, 1.165) is 12.8 Å². The van der Waals surface area contributed by atoms with Crippen LogP contribution in [-0.2, 0) is 4.79 Å². The number of carbonyl (C=O) groups is 1. The van der Waals surface area contributed by atoms with Crippen LogP contribution in [0.5, 0.6) is 0 Å². The molecule has 5 heteroatoms. The maximum absolute atomic E-state index is 12.3. The van der Waals surface area contributed by atoms with Gasteiger partial charge in [0.2, 0.25) is 5.91 Å². The summed E-state index contributed by atoms with van der Waals surface area (Å²) in [4.78, 5) is 14.1. The Kier molecular flexibility index (Phi) is 3.61. The lowest BCUT2D eigenvalue weighted by molar-refractivity contribution is -0.133. The number of carbonyl (C=O) groups excluding carboxylic acids is 1. The molecular formula is C13H21N3OS. The second-order valence-corrected chi connectivity index (χ2v) is 8.07. The number of nitrogens with two attached hydrogens (primary N) is 1. The quantitative estimate of drug-likeness (QED) is 0.838. The molecule has 0 aromatic rings. The van der Waals surface area contributed by atoms with Gasteiger partial charge in [0.1, 0.15) is 6.04 Å². The van der Waals surface area contributed by atoms with Crippen molar-refractivity contribution in [3.8, 4) is 6.07 Å². The van der Waals surface area contributed by atoms with Crippen LogP contribution in [0.25, 0.3) is 0 Å². The highest BCUT2D eigenvalue weighted by atomic mass is 32.2. The first-order valence-corrected chi connectivity index (χ1v) is 7.43. The van der Waals surface area contributed by atoms with Crippen LogP contribution in [0.2, 0.25) is 0 Å². The minimum absolute atomic E-state index is 0.0386. The zero-order chi connectivity index (χ0) is 13.5. The van der Waals surface area contributed by atoms with Crippen molar-refractivity contribution in [2.45, 2.75) is 56.5 Å². The number of piperidine rings is 1. The first kappa shape index (κ1) is 13.7. The predicted octanol–water partition coefficient (Wildman–Crippen LogP) is 1.36. The molecule has 2 rings (SSSR count). The Morgan fingerprint density at radius 1 is 1.56 bits per heavy atom. The van der Waals surface area contributed by atoms with Crippen molar-refractivity contribution in [2.24, 2.45) is 11.7 Å². The summed E-state index contributed by atoms with van der Waals surface area (Å²) in [5.41, 5.74) is 5.98. The topological polar surface area (TPSA) is 70.1 Å². The summed E-state index contributed by atoms with van der Waals surface area (Å²) in [6.45, 7) is 6.33. The highest BCUT2D eigenvalue weighted by Crippen LogP contribution is 2.47. The van der Waals surface area contributed by atoms with Gasteiger partial charge >= 0.3 is 0 Å². The Morgan fingerprint density at radius 2 is 2.22 bits per heavy atom. The molecule has 0 aromatic heterocycles. The fourth-order valence-corrected chi connectivity index (χ4v) is 3.31. The number of thioether (sulfide) groups is 1. The van der Waals surface area contributed by atoms with E-state index in [0.29, 0.717) is 17.7 Å². The average Bonchev–Trinajstić information content (AvgIpc) is 2.95. The molecule has 0 aromatic carbocycles. The van der Waals surface area contributed by atoms with Crippen LogP contribution in [0, 0.1) is 17.2 Å². The maximum Gasteiger partial charge on any atom is 0.241 e. The van der Waals surface area contributed by atoms with Gasteiger partial charge in [-0.3, -0.25) is 4.79 Å². The standard InChI is InChI=1S/C13H21N3OS/c1-13(2,3)18-7-10(15)12(17)16-9(6-14)4-8-5-11(8)16/h8-11H,4-5,7,15H2,1-3H3/t8-,9+,10+,11+/m1/s1. The smallest absolute Gasteiger partial charge is 0.241 e. The van der Waals surface area contributed by atoms with Gasteiger partial charge in [0, 0.05) is 16.5 Å². The van der Waals surface area contributed by atoms with Gasteiger partial charge in [-0.15, -0.1) is 0 Å². The van der Waals surface area contributed by atoms with E-state index in [9.17, 15) is 4.79 Å². The predicted molar refractivity (Wildman–Crippen MR) is 72.9 cm³/mol. The highest BCUT2D eigenvalue weighted by Gasteiger charge is 2.54. The van der Waals surface area contributed by atoms with Crippen molar-refractivity contribution in [1.82, 2.24) is 4.90 Å². The van der Waals surface area contributed by atoms with Crippen molar-refractivity contribution in [3.63, 3.8) is 0 Å². The number of hydrogen-bond acceptors (Lipinski definition) is 4. The van der Waals surface area contributed by atoms with Crippen molar-refractivity contribution in [3.05, 3.63) is 0 Å². The average molecular weight is 267 g/mol. The summed E-state index contributed by atoms with van der Waals surface area (Å²) in [6.07, 6.45) is 1.90. The Balaban J connectivity index is 1.92. The van der Waals surface area contributed by atoms with E-state index in [1.807, 2.05) is 0 Å². The number of hydrogen-bond donors (Lipinski definition) is 1. The van der Waals surface area contributed by atoms with E-state index in [2.05, 4.69) is 26.8 Å². The van der Waals surface area contributed by atoms with Crippen molar-refractivity contribution in [2.75, 3.05) is 5.75 Å². The molecule has 0 radical (unpaired) electrons. The number of nitriles is 1. The molecule has 2 N–H and O–H groups in total. The zero-order valence-electron chi connectivity index (χ0n) is 11.2. The van der Waals surface area contributed by atoms with Gasteiger partial charge < -0.3 is 10.6 Å². The molecule has 4 nitrogen and oxygen atoms in total. The fraction of sp³-hybridized carbons (Fsp3) is 0.846. The van der Waals surface area contributed by atoms with Gasteiger partial charge in [-0.25, -0.2) is 0 Å². The molecule has 4 atom stereocenters. The molecule has 0 spiro atoms. The summed E-state index contributed by atoms with van der Waals surface area (Å²) in [6, 6.07) is 1.80. The van der Waals surface area contributed by atoms with Gasteiger partial charge in [-0.1, -0.05) is 20.8 Å². The lowest BCUT2D eigenvalue weighted by Gasteiger charge is -2.27. The molecule has 2 aliphatic rings. The van der Waals surface area contributed by atoms with Gasteiger partial charge in [0.05, 0.1) is 12.1 Å². The second-order valence-electron chi connectivity index (χ2n) is 6.22. The minimum atomic E-state index is -0.482. The van der Waals surface area contributed by atoms with Crippen LogP contribution >= 0.6 is 11.8 Å². The summed E-state index contributed by atoms with van der Waals surface area (Å²) >= 11 is 1.70. The third-order valence-corrected chi connectivity index (χ3v) is 4.91. The van der Waals surface area contributed by atoms with Crippen LogP contribution in [0.4, 0.5) is 0 Å². The van der Waals surface area contributed by atoms with Crippen LogP contribution < -0.4 is 5.73 Å². The molecule has 1 aliphatic heterocycles. The minimum Gasteiger partial charge on any atom is -0.322 e. The summed E-state index contributed by atoms with van der Waals surface area (Å²) < 4.78 is 0.111.